The molecule has 1 aliphatic carbocycles. The molecular weight excluding hydrogens is 266 g/mol. The molecule has 116 valence electrons. The number of hydrogen-bond donors (Lipinski definition) is 2. The number of benzene rings is 1. The molecule has 2 N–H and O–H groups in total. The van der Waals surface area contributed by atoms with Crippen LogP contribution < -0.4 is 10.6 Å². The van der Waals surface area contributed by atoms with Gasteiger partial charge in [0.05, 0.1) is 4.92 Å². The van der Waals surface area contributed by atoms with Crippen LogP contribution in [0.3, 0.4) is 0 Å². The second-order valence-corrected chi connectivity index (χ2v) is 5.69. The van der Waals surface area contributed by atoms with Gasteiger partial charge in [-0.15, -0.1) is 0 Å². The van der Waals surface area contributed by atoms with Crippen LogP contribution in [0.25, 0.3) is 0 Å². The molecule has 2 atom stereocenters. The molecule has 0 saturated heterocycles. The zero-order valence-electron chi connectivity index (χ0n) is 12.9. The van der Waals surface area contributed by atoms with Crippen molar-refractivity contribution < 1.29 is 4.92 Å². The van der Waals surface area contributed by atoms with Crippen LogP contribution in [0, 0.1) is 16.0 Å². The molecule has 5 nitrogen and oxygen atoms in total. The van der Waals surface area contributed by atoms with Crippen LogP contribution in [0.2, 0.25) is 0 Å². The van der Waals surface area contributed by atoms with Gasteiger partial charge in [-0.1, -0.05) is 32.3 Å². The van der Waals surface area contributed by atoms with Crippen molar-refractivity contribution in [1.29, 1.82) is 0 Å². The van der Waals surface area contributed by atoms with Crippen molar-refractivity contribution in [3.63, 3.8) is 0 Å². The molecule has 0 radical (unpaired) electrons. The monoisotopic (exact) mass is 291 g/mol. The highest BCUT2D eigenvalue weighted by Gasteiger charge is 2.27. The Bertz CT molecular complexity index is 490. The summed E-state index contributed by atoms with van der Waals surface area (Å²) in [6.45, 7) is 4.82. The molecule has 1 aliphatic rings. The average Bonchev–Trinajstić information content (AvgIpc) is 2.48. The fourth-order valence-corrected chi connectivity index (χ4v) is 3.28. The zero-order valence-corrected chi connectivity index (χ0v) is 12.9. The van der Waals surface area contributed by atoms with E-state index in [4.69, 9.17) is 0 Å². The summed E-state index contributed by atoms with van der Waals surface area (Å²) in [7, 11) is 0. The smallest absolute Gasteiger partial charge is 0.315 e. The highest BCUT2D eigenvalue weighted by Crippen LogP contribution is 2.36. The second-order valence-electron chi connectivity index (χ2n) is 5.69. The maximum absolute atomic E-state index is 11.4. The van der Waals surface area contributed by atoms with Gasteiger partial charge in [0.25, 0.3) is 0 Å². The maximum atomic E-state index is 11.4. The fourth-order valence-electron chi connectivity index (χ4n) is 3.28. The Hall–Kier alpha value is -1.78. The Kier molecular flexibility index (Phi) is 5.42. The molecule has 5 heteroatoms. The third kappa shape index (κ3) is 3.65. The van der Waals surface area contributed by atoms with E-state index < -0.39 is 0 Å². The highest BCUT2D eigenvalue weighted by molar-refractivity contribution is 5.76. The Labute approximate surface area is 126 Å². The van der Waals surface area contributed by atoms with Gasteiger partial charge in [0.2, 0.25) is 0 Å². The van der Waals surface area contributed by atoms with Crippen LogP contribution in [-0.4, -0.2) is 17.5 Å². The Morgan fingerprint density at radius 3 is 2.62 bits per heavy atom. The van der Waals surface area contributed by atoms with Gasteiger partial charge in [-0.3, -0.25) is 10.1 Å². The maximum Gasteiger partial charge on any atom is 0.315 e. The lowest BCUT2D eigenvalue weighted by Gasteiger charge is -2.32. The number of nitro groups is 1. The molecule has 0 spiro atoms. The quantitative estimate of drug-likeness (QED) is 0.602. The number of rotatable bonds is 6. The van der Waals surface area contributed by atoms with Crippen molar-refractivity contribution in [3.05, 3.63) is 28.3 Å². The lowest BCUT2D eigenvalue weighted by molar-refractivity contribution is -0.383. The molecule has 1 aromatic rings. The minimum absolute atomic E-state index is 0.166. The van der Waals surface area contributed by atoms with Crippen molar-refractivity contribution in [1.82, 2.24) is 0 Å². The summed E-state index contributed by atoms with van der Waals surface area (Å²) in [5.74, 6) is 0.612. The van der Waals surface area contributed by atoms with E-state index in [-0.39, 0.29) is 10.6 Å². The van der Waals surface area contributed by atoms with E-state index in [1.54, 1.807) is 6.07 Å². The third-order valence-corrected chi connectivity index (χ3v) is 4.36. The Morgan fingerprint density at radius 2 is 1.95 bits per heavy atom. The Morgan fingerprint density at radius 1 is 1.24 bits per heavy atom. The molecule has 1 saturated carbocycles. The minimum atomic E-state index is -0.288. The van der Waals surface area contributed by atoms with Crippen molar-refractivity contribution >= 4 is 17.1 Å². The van der Waals surface area contributed by atoms with Crippen LogP contribution in [0.15, 0.2) is 18.2 Å². The average molecular weight is 291 g/mol. The molecular formula is C16H25N3O2. The summed E-state index contributed by atoms with van der Waals surface area (Å²) >= 11 is 0. The van der Waals surface area contributed by atoms with Gasteiger partial charge in [-0.25, -0.2) is 0 Å². The molecule has 0 aliphatic heterocycles. The Balaban J connectivity index is 2.26. The highest BCUT2D eigenvalue weighted by atomic mass is 16.6. The first-order valence-electron chi connectivity index (χ1n) is 7.95. The van der Waals surface area contributed by atoms with E-state index >= 15 is 0 Å². The van der Waals surface area contributed by atoms with E-state index in [1.807, 2.05) is 19.1 Å². The summed E-state index contributed by atoms with van der Waals surface area (Å²) in [6.07, 6.45) is 5.92. The second kappa shape index (κ2) is 7.29. The van der Waals surface area contributed by atoms with Gasteiger partial charge in [0.1, 0.15) is 11.4 Å². The zero-order chi connectivity index (χ0) is 15.2. The van der Waals surface area contributed by atoms with E-state index in [9.17, 15) is 10.1 Å². The van der Waals surface area contributed by atoms with Gasteiger partial charge in [0.15, 0.2) is 0 Å². The lowest BCUT2D eigenvalue weighted by Crippen LogP contribution is -2.32. The molecule has 0 amide bonds. The first-order chi connectivity index (χ1) is 10.2. The first-order valence-corrected chi connectivity index (χ1v) is 7.95. The minimum Gasteiger partial charge on any atom is -0.380 e. The first kappa shape index (κ1) is 15.6. The number of nitro benzene ring substituents is 1. The SMILES string of the molecule is CCNc1cccc(NC2CCCCC2CC)c1[N+](=O)[O-]. The number of anilines is 2. The standard InChI is InChI=1S/C16H25N3O2/c1-3-12-8-5-6-9-13(12)18-15-11-7-10-14(17-4-2)16(15)19(20)21/h7,10-13,17-18H,3-6,8-9H2,1-2H3. The van der Waals surface area contributed by atoms with Gasteiger partial charge < -0.3 is 10.6 Å². The predicted octanol–water partition coefficient (Wildman–Crippen LogP) is 4.41. The topological polar surface area (TPSA) is 67.2 Å². The summed E-state index contributed by atoms with van der Waals surface area (Å²) in [4.78, 5) is 11.1. The number of para-hydroxylation sites is 1. The molecule has 2 rings (SSSR count). The van der Waals surface area contributed by atoms with Gasteiger partial charge in [-0.2, -0.15) is 0 Å². The van der Waals surface area contributed by atoms with Gasteiger partial charge in [-0.05, 0) is 37.8 Å². The van der Waals surface area contributed by atoms with Crippen LogP contribution in [0.5, 0.6) is 0 Å². The number of nitrogens with one attached hydrogen (secondary N) is 2. The molecule has 0 bridgehead atoms. The normalized spacial score (nSPS) is 21.8. The van der Waals surface area contributed by atoms with Crippen molar-refractivity contribution in [2.45, 2.75) is 52.0 Å². The molecule has 0 heterocycles. The van der Waals surface area contributed by atoms with Crippen molar-refractivity contribution in [2.24, 2.45) is 5.92 Å². The van der Waals surface area contributed by atoms with Crippen LogP contribution in [0.1, 0.15) is 46.0 Å². The summed E-state index contributed by atoms with van der Waals surface area (Å²) < 4.78 is 0. The van der Waals surface area contributed by atoms with Crippen LogP contribution in [0.4, 0.5) is 17.1 Å². The van der Waals surface area contributed by atoms with E-state index in [1.165, 1.54) is 19.3 Å². The molecule has 21 heavy (non-hydrogen) atoms. The number of hydrogen-bond acceptors (Lipinski definition) is 4. The third-order valence-electron chi connectivity index (χ3n) is 4.36. The summed E-state index contributed by atoms with van der Waals surface area (Å²) in [5, 5.41) is 18.0. The van der Waals surface area contributed by atoms with Crippen LogP contribution in [-0.2, 0) is 0 Å². The van der Waals surface area contributed by atoms with E-state index in [0.717, 1.165) is 12.8 Å². The van der Waals surface area contributed by atoms with E-state index in [0.29, 0.717) is 29.9 Å². The number of nitrogens with zero attached hydrogens (tertiary/aromatic N) is 1. The van der Waals surface area contributed by atoms with Gasteiger partial charge in [0, 0.05) is 12.6 Å². The molecule has 1 fully saturated rings. The fraction of sp³-hybridized carbons (Fsp3) is 0.625. The summed E-state index contributed by atoms with van der Waals surface area (Å²) in [6, 6.07) is 5.81. The van der Waals surface area contributed by atoms with Crippen molar-refractivity contribution in [3.8, 4) is 0 Å². The summed E-state index contributed by atoms with van der Waals surface area (Å²) in [5.41, 5.74) is 1.40. The van der Waals surface area contributed by atoms with Crippen LogP contribution >= 0.6 is 0 Å². The molecule has 1 aromatic carbocycles. The largest absolute Gasteiger partial charge is 0.380 e. The molecule has 2 unspecified atom stereocenters. The van der Waals surface area contributed by atoms with Gasteiger partial charge >= 0.3 is 5.69 Å². The molecule has 0 aromatic heterocycles. The predicted molar refractivity (Wildman–Crippen MR) is 86.9 cm³/mol. The van der Waals surface area contributed by atoms with E-state index in [2.05, 4.69) is 17.6 Å². The van der Waals surface area contributed by atoms with Crippen molar-refractivity contribution in [2.75, 3.05) is 17.2 Å². The lowest BCUT2D eigenvalue weighted by atomic mass is 9.82.